The Bertz CT molecular complexity index is 1200. The average molecular weight is 448 g/mol. The van der Waals surface area contributed by atoms with Gasteiger partial charge in [-0.25, -0.2) is 0 Å². The smallest absolute Gasteiger partial charge is 0.271 e. The van der Waals surface area contributed by atoms with Crippen molar-refractivity contribution in [3.8, 4) is 5.75 Å². The van der Waals surface area contributed by atoms with Gasteiger partial charge in [-0.05, 0) is 49.6 Å². The topological polar surface area (TPSA) is 72.8 Å². The number of para-hydroxylation sites is 1. The minimum Gasteiger partial charge on any atom is -0.497 e. The molecule has 33 heavy (non-hydrogen) atoms. The molecule has 2 aromatic carbocycles. The van der Waals surface area contributed by atoms with Crippen LogP contribution >= 0.6 is 0 Å². The Morgan fingerprint density at radius 1 is 1.21 bits per heavy atom. The molecule has 0 unspecified atom stereocenters. The van der Waals surface area contributed by atoms with Crippen LogP contribution < -0.4 is 10.1 Å². The quantitative estimate of drug-likeness (QED) is 0.629. The molecule has 1 N–H and O–H groups in total. The van der Waals surface area contributed by atoms with Crippen molar-refractivity contribution in [3.63, 3.8) is 0 Å². The van der Waals surface area contributed by atoms with Crippen LogP contribution in [0, 0.1) is 0 Å². The van der Waals surface area contributed by atoms with E-state index in [1.165, 1.54) is 0 Å². The summed E-state index contributed by atoms with van der Waals surface area (Å²) in [6, 6.07) is 17.4. The molecule has 0 spiro atoms. The van der Waals surface area contributed by atoms with Crippen molar-refractivity contribution in [1.29, 1.82) is 0 Å². The number of fused-ring (bicyclic) bond motifs is 3. The highest BCUT2D eigenvalue weighted by molar-refractivity contribution is 6.03. The monoisotopic (exact) mass is 447 g/mol. The van der Waals surface area contributed by atoms with E-state index in [0.29, 0.717) is 25.3 Å². The summed E-state index contributed by atoms with van der Waals surface area (Å²) in [6.45, 7) is 3.73. The highest BCUT2D eigenvalue weighted by Gasteiger charge is 2.47. The summed E-state index contributed by atoms with van der Waals surface area (Å²) < 4.78 is 13.0. The number of hydrogen-bond acceptors (Lipinski definition) is 4. The van der Waals surface area contributed by atoms with Crippen molar-refractivity contribution in [2.45, 2.75) is 44.5 Å². The Labute approximate surface area is 193 Å². The van der Waals surface area contributed by atoms with Gasteiger partial charge in [0.15, 0.2) is 0 Å². The lowest BCUT2D eigenvalue weighted by molar-refractivity contribution is -0.133. The summed E-state index contributed by atoms with van der Waals surface area (Å²) in [6.07, 6.45) is 1.99. The number of rotatable bonds is 6. The maximum absolute atomic E-state index is 13.8. The molecule has 2 aliphatic heterocycles. The zero-order chi connectivity index (χ0) is 23.0. The fourth-order valence-corrected chi connectivity index (χ4v) is 4.91. The van der Waals surface area contributed by atoms with Crippen LogP contribution in [0.2, 0.25) is 0 Å². The van der Waals surface area contributed by atoms with Gasteiger partial charge in [0.2, 0.25) is 5.91 Å². The zero-order valence-electron chi connectivity index (χ0n) is 19.0. The number of aromatic nitrogens is 1. The van der Waals surface area contributed by atoms with Crippen LogP contribution in [-0.4, -0.2) is 53.2 Å². The minimum atomic E-state index is -1.06. The van der Waals surface area contributed by atoms with Gasteiger partial charge in [0, 0.05) is 30.6 Å². The van der Waals surface area contributed by atoms with Gasteiger partial charge < -0.3 is 24.3 Å². The van der Waals surface area contributed by atoms with Crippen molar-refractivity contribution in [2.75, 3.05) is 20.3 Å². The first-order valence-electron chi connectivity index (χ1n) is 11.4. The Morgan fingerprint density at radius 2 is 2.06 bits per heavy atom. The van der Waals surface area contributed by atoms with Crippen LogP contribution in [0.3, 0.4) is 0 Å². The third kappa shape index (κ3) is 3.86. The molecule has 3 aromatic rings. The number of nitrogens with one attached hydrogen (secondary N) is 1. The molecule has 172 valence electrons. The van der Waals surface area contributed by atoms with Crippen LogP contribution in [0.4, 0.5) is 0 Å². The molecule has 2 amide bonds. The maximum Gasteiger partial charge on any atom is 0.271 e. The standard InChI is InChI=1S/C26H29N3O4/c1-26(25(31)27-15-21-10-6-12-33-21)17-28-22-11-4-3-8-19(22)14-23(28)24(30)29(26)16-18-7-5-9-20(13-18)32-2/h3-5,7-9,11,13-14,21H,6,10,12,15-17H2,1-2H3,(H,27,31)/t21-,26+/m1/s1. The van der Waals surface area contributed by atoms with Crippen molar-refractivity contribution in [3.05, 3.63) is 65.9 Å². The Morgan fingerprint density at radius 3 is 2.85 bits per heavy atom. The predicted octanol–water partition coefficient (Wildman–Crippen LogP) is 3.36. The molecule has 3 heterocycles. The summed E-state index contributed by atoms with van der Waals surface area (Å²) in [5, 5.41) is 4.06. The second-order valence-electron chi connectivity index (χ2n) is 9.04. The van der Waals surface area contributed by atoms with E-state index in [1.807, 2.05) is 66.1 Å². The number of carbonyl (C=O) groups excluding carboxylic acids is 2. The van der Waals surface area contributed by atoms with E-state index >= 15 is 0 Å². The molecule has 1 aromatic heterocycles. The minimum absolute atomic E-state index is 0.0339. The molecule has 2 atom stereocenters. The lowest BCUT2D eigenvalue weighted by Crippen LogP contribution is -2.64. The van der Waals surface area contributed by atoms with Crippen molar-refractivity contribution in [1.82, 2.24) is 14.8 Å². The molecule has 2 aliphatic rings. The van der Waals surface area contributed by atoms with E-state index in [2.05, 4.69) is 5.32 Å². The Hall–Kier alpha value is -3.32. The number of nitrogens with zero attached hydrogens (tertiary/aromatic N) is 2. The summed E-state index contributed by atoms with van der Waals surface area (Å²) in [7, 11) is 1.62. The maximum atomic E-state index is 13.8. The van der Waals surface area contributed by atoms with Gasteiger partial charge in [-0.15, -0.1) is 0 Å². The second-order valence-corrected chi connectivity index (χ2v) is 9.04. The SMILES string of the molecule is COc1cccc(CN2C(=O)c3cc4ccccc4n3C[C@@]2(C)C(=O)NC[C@H]2CCCO2)c1. The second kappa shape index (κ2) is 8.56. The van der Waals surface area contributed by atoms with Gasteiger partial charge in [0.25, 0.3) is 5.91 Å². The van der Waals surface area contributed by atoms with Crippen LogP contribution in [-0.2, 0) is 22.6 Å². The molecule has 0 bridgehead atoms. The fourth-order valence-electron chi connectivity index (χ4n) is 4.91. The summed E-state index contributed by atoms with van der Waals surface area (Å²) >= 11 is 0. The van der Waals surface area contributed by atoms with E-state index in [1.54, 1.807) is 12.0 Å². The number of hydrogen-bond donors (Lipinski definition) is 1. The van der Waals surface area contributed by atoms with Gasteiger partial charge in [-0.1, -0.05) is 30.3 Å². The van der Waals surface area contributed by atoms with Gasteiger partial charge in [0.05, 0.1) is 19.8 Å². The molecule has 0 radical (unpaired) electrons. The highest BCUT2D eigenvalue weighted by Crippen LogP contribution is 2.34. The first-order chi connectivity index (χ1) is 16.0. The molecular formula is C26H29N3O4. The molecular weight excluding hydrogens is 418 g/mol. The molecule has 7 heteroatoms. The van der Waals surface area contributed by atoms with Crippen LogP contribution in [0.25, 0.3) is 10.9 Å². The van der Waals surface area contributed by atoms with E-state index in [0.717, 1.165) is 41.7 Å². The highest BCUT2D eigenvalue weighted by atomic mass is 16.5. The van der Waals surface area contributed by atoms with E-state index in [-0.39, 0.29) is 17.9 Å². The van der Waals surface area contributed by atoms with Crippen molar-refractivity contribution >= 4 is 22.7 Å². The van der Waals surface area contributed by atoms with E-state index in [4.69, 9.17) is 9.47 Å². The summed E-state index contributed by atoms with van der Waals surface area (Å²) in [4.78, 5) is 29.1. The summed E-state index contributed by atoms with van der Waals surface area (Å²) in [5.74, 6) is 0.392. The van der Waals surface area contributed by atoms with Gasteiger partial charge in [-0.2, -0.15) is 0 Å². The van der Waals surface area contributed by atoms with E-state index in [9.17, 15) is 9.59 Å². The van der Waals surface area contributed by atoms with Crippen LogP contribution in [0.5, 0.6) is 5.75 Å². The van der Waals surface area contributed by atoms with E-state index < -0.39 is 5.54 Å². The predicted molar refractivity (Wildman–Crippen MR) is 125 cm³/mol. The van der Waals surface area contributed by atoms with Crippen molar-refractivity contribution < 1.29 is 19.1 Å². The first kappa shape index (κ1) is 21.5. The lowest BCUT2D eigenvalue weighted by Gasteiger charge is -2.44. The van der Waals surface area contributed by atoms with Gasteiger partial charge in [-0.3, -0.25) is 9.59 Å². The molecule has 0 saturated carbocycles. The Kier molecular flexibility index (Phi) is 5.58. The largest absolute Gasteiger partial charge is 0.497 e. The van der Waals surface area contributed by atoms with Gasteiger partial charge in [0.1, 0.15) is 17.0 Å². The first-order valence-corrected chi connectivity index (χ1v) is 11.4. The van der Waals surface area contributed by atoms with Crippen LogP contribution in [0.15, 0.2) is 54.6 Å². The lowest BCUT2D eigenvalue weighted by atomic mass is 9.93. The molecule has 5 rings (SSSR count). The normalized spacial score (nSPS) is 22.4. The molecule has 0 aliphatic carbocycles. The molecule has 7 nitrogen and oxygen atoms in total. The molecule has 1 saturated heterocycles. The average Bonchev–Trinajstić information content (AvgIpc) is 3.48. The third-order valence-electron chi connectivity index (χ3n) is 6.81. The number of carbonyl (C=O) groups is 2. The number of methoxy groups -OCH3 is 1. The molecule has 1 fully saturated rings. The number of benzene rings is 2. The van der Waals surface area contributed by atoms with Gasteiger partial charge >= 0.3 is 0 Å². The van der Waals surface area contributed by atoms with Crippen molar-refractivity contribution in [2.24, 2.45) is 0 Å². The zero-order valence-corrected chi connectivity index (χ0v) is 19.0. The number of amides is 2. The number of ether oxygens (including phenoxy) is 2. The van der Waals surface area contributed by atoms with Crippen LogP contribution in [0.1, 0.15) is 35.8 Å². The summed E-state index contributed by atoms with van der Waals surface area (Å²) in [5.41, 5.74) is 1.40. The Balaban J connectivity index is 1.52. The fraction of sp³-hybridized carbons (Fsp3) is 0.385. The third-order valence-corrected chi connectivity index (χ3v) is 6.81.